The molecule has 0 fully saturated rings. The van der Waals surface area contributed by atoms with Crippen molar-refractivity contribution >= 4 is 80.0 Å². The molecule has 0 unspecified atom stereocenters. The van der Waals surface area contributed by atoms with Crippen LogP contribution >= 0.6 is 0 Å². The van der Waals surface area contributed by atoms with E-state index in [2.05, 4.69) is 217 Å². The van der Waals surface area contributed by atoms with Crippen LogP contribution < -0.4 is 19.3 Å². The molecule has 0 radical (unpaired) electrons. The molecule has 63 heavy (non-hydrogen) atoms. The number of rotatable bonds is 15. The van der Waals surface area contributed by atoms with Crippen molar-refractivity contribution in [2.45, 2.75) is 20.3 Å². The molecule has 0 saturated carbocycles. The first kappa shape index (κ1) is 40.6. The van der Waals surface area contributed by atoms with Crippen molar-refractivity contribution < 1.29 is 9.47 Å². The van der Waals surface area contributed by atoms with Gasteiger partial charge in [0.05, 0.1) is 13.2 Å². The normalized spacial score (nSPS) is 11.4. The first-order chi connectivity index (χ1) is 31.1. The molecule has 9 aromatic carbocycles. The van der Waals surface area contributed by atoms with Gasteiger partial charge in [0.25, 0.3) is 0 Å². The summed E-state index contributed by atoms with van der Waals surface area (Å²) < 4.78 is 11.5. The Labute approximate surface area is 371 Å². The Morgan fingerprint density at radius 2 is 0.683 bits per heavy atom. The third kappa shape index (κ3) is 9.72. The minimum atomic E-state index is 0.647. The van der Waals surface area contributed by atoms with Crippen LogP contribution in [0.25, 0.3) is 45.8 Å². The van der Waals surface area contributed by atoms with Crippen LogP contribution in [0, 0.1) is 0 Å². The van der Waals surface area contributed by atoms with Crippen LogP contribution in [-0.4, -0.2) is 13.2 Å². The van der Waals surface area contributed by atoms with E-state index in [9.17, 15) is 0 Å². The van der Waals surface area contributed by atoms with Gasteiger partial charge in [-0.25, -0.2) is 0 Å². The lowest BCUT2D eigenvalue weighted by atomic mass is 9.99. The molecule has 0 aromatic heterocycles. The molecule has 0 aliphatic carbocycles. The van der Waals surface area contributed by atoms with Crippen molar-refractivity contribution in [2.24, 2.45) is 0 Å². The van der Waals surface area contributed by atoms with Gasteiger partial charge in [0.1, 0.15) is 11.5 Å². The van der Waals surface area contributed by atoms with Gasteiger partial charge in [0.15, 0.2) is 0 Å². The van der Waals surface area contributed by atoms with Crippen molar-refractivity contribution in [3.8, 4) is 11.5 Å². The van der Waals surface area contributed by atoms with Crippen LogP contribution in [-0.2, 0) is 0 Å². The summed E-state index contributed by atoms with van der Waals surface area (Å²) in [5.41, 5.74) is 11.2. The summed E-state index contributed by atoms with van der Waals surface area (Å²) in [5, 5.41) is 4.90. The quantitative estimate of drug-likeness (QED) is 0.0760. The predicted molar refractivity (Wildman–Crippen MR) is 269 cm³/mol. The Balaban J connectivity index is 0.886. The number of hydrogen-bond acceptors (Lipinski definition) is 4. The zero-order chi connectivity index (χ0) is 42.8. The van der Waals surface area contributed by atoms with E-state index in [4.69, 9.17) is 9.47 Å². The molecule has 4 nitrogen and oxygen atoms in total. The summed E-state index contributed by atoms with van der Waals surface area (Å²) in [6.45, 7) is 5.49. The van der Waals surface area contributed by atoms with Crippen LogP contribution in [0.2, 0.25) is 0 Å². The summed E-state index contributed by atoms with van der Waals surface area (Å²) in [6, 6.07) is 73.0. The number of ether oxygens (including phenoxy) is 2. The molecular weight excluding hydrogens is 769 g/mol. The number of nitrogens with zero attached hydrogens (tertiary/aromatic N) is 2. The fourth-order valence-electron chi connectivity index (χ4n) is 7.91. The van der Waals surface area contributed by atoms with E-state index in [-0.39, 0.29) is 0 Å². The molecule has 0 spiro atoms. The summed E-state index contributed by atoms with van der Waals surface area (Å²) in [4.78, 5) is 4.54. The second kappa shape index (κ2) is 19.3. The third-order valence-electron chi connectivity index (χ3n) is 11.1. The van der Waals surface area contributed by atoms with Gasteiger partial charge in [-0.15, -0.1) is 0 Å². The highest BCUT2D eigenvalue weighted by molar-refractivity contribution is 6.00. The van der Waals surface area contributed by atoms with Gasteiger partial charge < -0.3 is 19.3 Å². The maximum Gasteiger partial charge on any atom is 0.119 e. The van der Waals surface area contributed by atoms with E-state index in [1.165, 1.54) is 32.7 Å². The molecule has 0 aliphatic rings. The van der Waals surface area contributed by atoms with Crippen LogP contribution in [0.1, 0.15) is 42.5 Å². The van der Waals surface area contributed by atoms with Crippen LogP contribution in [0.3, 0.4) is 0 Å². The van der Waals surface area contributed by atoms with E-state index in [0.29, 0.717) is 13.2 Å². The van der Waals surface area contributed by atoms with E-state index >= 15 is 0 Å². The van der Waals surface area contributed by atoms with E-state index < -0.39 is 0 Å². The highest BCUT2D eigenvalue weighted by atomic mass is 16.5. The Kier molecular flexibility index (Phi) is 12.4. The molecule has 4 heteroatoms. The SMILES string of the molecule is CCCOc1ccc(N(c2ccccc2)c2ccc(/C=C\c3ccc4cc5cc(/C=C\c6ccc(N(c7ccccc7)c7ccc(OCC)cc7)cc6)ccc5cc4c3)cc2)cc1. The molecule has 0 saturated heterocycles. The molecule has 9 aromatic rings. The maximum atomic E-state index is 5.85. The molecule has 0 aliphatic heterocycles. The lowest BCUT2D eigenvalue weighted by molar-refractivity contribution is 0.317. The molecule has 308 valence electrons. The standard InChI is InChI=1S/C59H50N2O2/c1-3-39-63-59-37-33-57(34-38-59)61(53-13-9-6-10-14-53)55-29-23-45(24-30-55)16-18-47-20-26-49-42-50-40-46(19-25-48(50)43-51(49)41-47)17-15-44-21-27-54(28-22-44)60(52-11-7-5-8-12-52)56-31-35-58(36-32-56)62-4-2/h5-38,40-43H,3-4,39H2,1-2H3/b17-15-,18-16-. The van der Waals surface area contributed by atoms with E-state index in [1.54, 1.807) is 0 Å². The first-order valence-corrected chi connectivity index (χ1v) is 21.8. The zero-order valence-corrected chi connectivity index (χ0v) is 35.8. The van der Waals surface area contributed by atoms with Gasteiger partial charge in [-0.05, 0) is 178 Å². The fraction of sp³-hybridized carbons (Fsp3) is 0.0847. The molecular formula is C59H50N2O2. The highest BCUT2D eigenvalue weighted by Crippen LogP contribution is 2.37. The van der Waals surface area contributed by atoms with Crippen molar-refractivity contribution in [2.75, 3.05) is 23.0 Å². The second-order valence-electron chi connectivity index (χ2n) is 15.5. The highest BCUT2D eigenvalue weighted by Gasteiger charge is 2.14. The van der Waals surface area contributed by atoms with Crippen molar-refractivity contribution in [3.63, 3.8) is 0 Å². The topological polar surface area (TPSA) is 24.9 Å². The predicted octanol–water partition coefficient (Wildman–Crippen LogP) is 16.5. The number of hydrogen-bond donors (Lipinski definition) is 0. The Morgan fingerprint density at radius 1 is 0.333 bits per heavy atom. The fourth-order valence-corrected chi connectivity index (χ4v) is 7.91. The van der Waals surface area contributed by atoms with E-state index in [0.717, 1.165) is 63.2 Å². The van der Waals surface area contributed by atoms with Crippen LogP contribution in [0.4, 0.5) is 34.1 Å². The minimum absolute atomic E-state index is 0.647. The molecule has 0 N–H and O–H groups in total. The second-order valence-corrected chi connectivity index (χ2v) is 15.5. The van der Waals surface area contributed by atoms with Crippen molar-refractivity contribution in [3.05, 3.63) is 229 Å². The van der Waals surface area contributed by atoms with E-state index in [1.807, 2.05) is 37.3 Å². The monoisotopic (exact) mass is 818 g/mol. The van der Waals surface area contributed by atoms with Gasteiger partial charge in [-0.1, -0.05) is 116 Å². The molecule has 9 rings (SSSR count). The zero-order valence-electron chi connectivity index (χ0n) is 35.8. The summed E-state index contributed by atoms with van der Waals surface area (Å²) in [7, 11) is 0. The average molecular weight is 819 g/mol. The summed E-state index contributed by atoms with van der Waals surface area (Å²) in [5.74, 6) is 1.76. The lowest BCUT2D eigenvalue weighted by Crippen LogP contribution is -2.09. The molecule has 0 atom stereocenters. The molecule has 0 bridgehead atoms. The van der Waals surface area contributed by atoms with Gasteiger partial charge in [-0.2, -0.15) is 0 Å². The Morgan fingerprint density at radius 3 is 1.08 bits per heavy atom. The number of anilines is 6. The molecule has 0 heterocycles. The smallest absolute Gasteiger partial charge is 0.119 e. The Hall–Kier alpha value is -7.82. The van der Waals surface area contributed by atoms with Gasteiger partial charge >= 0.3 is 0 Å². The first-order valence-electron chi connectivity index (χ1n) is 21.8. The third-order valence-corrected chi connectivity index (χ3v) is 11.1. The van der Waals surface area contributed by atoms with Crippen molar-refractivity contribution in [1.82, 2.24) is 0 Å². The van der Waals surface area contributed by atoms with Crippen LogP contribution in [0.15, 0.2) is 206 Å². The Bertz CT molecular complexity index is 2960. The van der Waals surface area contributed by atoms with Gasteiger partial charge in [0, 0.05) is 34.1 Å². The number of benzene rings is 9. The largest absolute Gasteiger partial charge is 0.494 e. The summed E-state index contributed by atoms with van der Waals surface area (Å²) in [6.07, 6.45) is 9.75. The van der Waals surface area contributed by atoms with Gasteiger partial charge in [0.2, 0.25) is 0 Å². The van der Waals surface area contributed by atoms with Gasteiger partial charge in [-0.3, -0.25) is 0 Å². The minimum Gasteiger partial charge on any atom is -0.494 e. The maximum absolute atomic E-state index is 5.85. The van der Waals surface area contributed by atoms with Crippen LogP contribution in [0.5, 0.6) is 11.5 Å². The summed E-state index contributed by atoms with van der Waals surface area (Å²) >= 11 is 0. The number of fused-ring (bicyclic) bond motifs is 2. The lowest BCUT2D eigenvalue weighted by Gasteiger charge is -2.25. The molecule has 0 amide bonds. The number of para-hydroxylation sites is 2. The average Bonchev–Trinajstić information content (AvgIpc) is 3.34. The van der Waals surface area contributed by atoms with Crippen molar-refractivity contribution in [1.29, 1.82) is 0 Å².